The number of rotatable bonds is 17. The van der Waals surface area contributed by atoms with Gasteiger partial charge in [-0.15, -0.1) is 0 Å². The maximum absolute atomic E-state index is 10.8. The minimum absolute atomic E-state index is 0.586. The van der Waals surface area contributed by atoms with E-state index in [9.17, 15) is 4.79 Å². The highest BCUT2D eigenvalue weighted by atomic mass is 16.4. The third kappa shape index (κ3) is 14.3. The van der Waals surface area contributed by atoms with Gasteiger partial charge in [0, 0.05) is 0 Å². The van der Waals surface area contributed by atoms with Gasteiger partial charge in [0.1, 0.15) is 6.04 Å². The van der Waals surface area contributed by atoms with E-state index in [0.29, 0.717) is 6.42 Å². The molecule has 0 aliphatic heterocycles. The predicted molar refractivity (Wildman–Crippen MR) is 93.7 cm³/mol. The summed E-state index contributed by atoms with van der Waals surface area (Å²) in [5.41, 5.74) is 2.35. The van der Waals surface area contributed by atoms with E-state index in [4.69, 9.17) is 10.9 Å². The summed E-state index contributed by atoms with van der Waals surface area (Å²) in [5, 5.41) is 8.83. The standard InChI is InChI=1S/C18H38N2O2/c1-2-3-4-5-6-7-8-9-10-11-12-13-14-15-16-17(20-19)18(21)22/h17,20H,2-16,19H2,1H3,(H,21,22). The maximum atomic E-state index is 10.8. The Balaban J connectivity index is 3.13. The molecule has 0 spiro atoms. The minimum atomic E-state index is -0.850. The van der Waals surface area contributed by atoms with Crippen LogP contribution in [-0.4, -0.2) is 17.1 Å². The number of unbranched alkanes of at least 4 members (excludes halogenated alkanes) is 13. The molecule has 0 bridgehead atoms. The van der Waals surface area contributed by atoms with Gasteiger partial charge in [-0.3, -0.25) is 10.6 Å². The normalized spacial score (nSPS) is 12.5. The molecule has 0 aromatic rings. The lowest BCUT2D eigenvalue weighted by molar-refractivity contribution is -0.139. The Labute approximate surface area is 137 Å². The summed E-state index contributed by atoms with van der Waals surface area (Å²) >= 11 is 0. The van der Waals surface area contributed by atoms with Crippen molar-refractivity contribution in [2.45, 2.75) is 109 Å². The van der Waals surface area contributed by atoms with Crippen molar-refractivity contribution >= 4 is 5.97 Å². The average molecular weight is 315 g/mol. The van der Waals surface area contributed by atoms with Crippen LogP contribution in [0.3, 0.4) is 0 Å². The van der Waals surface area contributed by atoms with E-state index < -0.39 is 12.0 Å². The molecule has 4 heteroatoms. The van der Waals surface area contributed by atoms with E-state index in [2.05, 4.69) is 12.3 Å². The summed E-state index contributed by atoms with van der Waals surface area (Å²) in [6, 6.07) is -0.586. The third-order valence-corrected chi connectivity index (χ3v) is 4.35. The summed E-state index contributed by atoms with van der Waals surface area (Å²) in [5.74, 6) is 4.35. The number of hydrazine groups is 1. The highest BCUT2D eigenvalue weighted by Crippen LogP contribution is 2.13. The molecule has 0 aromatic heterocycles. The minimum Gasteiger partial charge on any atom is -0.480 e. The Morgan fingerprint density at radius 1 is 0.818 bits per heavy atom. The van der Waals surface area contributed by atoms with E-state index in [-0.39, 0.29) is 0 Å². The van der Waals surface area contributed by atoms with Gasteiger partial charge in [-0.2, -0.15) is 0 Å². The zero-order chi connectivity index (χ0) is 16.5. The maximum Gasteiger partial charge on any atom is 0.322 e. The van der Waals surface area contributed by atoms with Gasteiger partial charge in [-0.1, -0.05) is 96.8 Å². The summed E-state index contributed by atoms with van der Waals surface area (Å²) < 4.78 is 0. The first-order valence-electron chi connectivity index (χ1n) is 9.41. The summed E-state index contributed by atoms with van der Waals surface area (Å²) in [7, 11) is 0. The van der Waals surface area contributed by atoms with Gasteiger partial charge < -0.3 is 5.11 Å². The molecule has 4 nitrogen and oxygen atoms in total. The first-order chi connectivity index (χ1) is 10.7. The molecule has 0 aliphatic rings. The lowest BCUT2D eigenvalue weighted by Crippen LogP contribution is -2.41. The van der Waals surface area contributed by atoms with Crippen LogP contribution < -0.4 is 11.3 Å². The molecule has 0 rings (SSSR count). The van der Waals surface area contributed by atoms with Gasteiger partial charge in [0.05, 0.1) is 0 Å². The molecule has 0 radical (unpaired) electrons. The highest BCUT2D eigenvalue weighted by molar-refractivity contribution is 5.73. The molecule has 4 N–H and O–H groups in total. The van der Waals surface area contributed by atoms with Crippen molar-refractivity contribution in [1.29, 1.82) is 0 Å². The second kappa shape index (κ2) is 16.8. The Bertz CT molecular complexity index is 247. The van der Waals surface area contributed by atoms with Crippen molar-refractivity contribution in [3.05, 3.63) is 0 Å². The molecule has 0 saturated heterocycles. The van der Waals surface area contributed by atoms with Gasteiger partial charge in [0.25, 0.3) is 0 Å². The van der Waals surface area contributed by atoms with Gasteiger partial charge in [-0.05, 0) is 6.42 Å². The highest BCUT2D eigenvalue weighted by Gasteiger charge is 2.13. The quantitative estimate of drug-likeness (QED) is 0.205. The number of hydrogen-bond acceptors (Lipinski definition) is 3. The van der Waals surface area contributed by atoms with E-state index in [1.54, 1.807) is 0 Å². The van der Waals surface area contributed by atoms with Crippen molar-refractivity contribution in [2.24, 2.45) is 5.84 Å². The van der Waals surface area contributed by atoms with Crippen molar-refractivity contribution in [3.63, 3.8) is 0 Å². The Morgan fingerprint density at radius 2 is 1.18 bits per heavy atom. The molecular weight excluding hydrogens is 276 g/mol. The monoisotopic (exact) mass is 314 g/mol. The number of carboxylic acid groups (broad SMARTS) is 1. The number of hydrogen-bond donors (Lipinski definition) is 3. The van der Waals surface area contributed by atoms with Crippen molar-refractivity contribution in [3.8, 4) is 0 Å². The molecule has 0 saturated carbocycles. The lowest BCUT2D eigenvalue weighted by Gasteiger charge is -2.10. The van der Waals surface area contributed by atoms with Crippen LogP contribution in [0.2, 0.25) is 0 Å². The SMILES string of the molecule is CCCCCCCCCCCCCCCCC(NN)C(=O)O. The summed E-state index contributed by atoms with van der Waals surface area (Å²) in [6.45, 7) is 2.26. The van der Waals surface area contributed by atoms with Crippen LogP contribution in [0.4, 0.5) is 0 Å². The number of aliphatic carboxylic acids is 1. The summed E-state index contributed by atoms with van der Waals surface area (Å²) in [6.07, 6.45) is 19.0. The zero-order valence-electron chi connectivity index (χ0n) is 14.6. The third-order valence-electron chi connectivity index (χ3n) is 4.35. The van der Waals surface area contributed by atoms with Gasteiger partial charge in [0.15, 0.2) is 0 Å². The molecule has 0 fully saturated rings. The molecule has 0 aromatic carbocycles. The fourth-order valence-electron chi connectivity index (χ4n) is 2.82. The van der Waals surface area contributed by atoms with Crippen molar-refractivity contribution in [1.82, 2.24) is 5.43 Å². The van der Waals surface area contributed by atoms with Gasteiger partial charge >= 0.3 is 5.97 Å². The second-order valence-electron chi connectivity index (χ2n) is 6.44. The smallest absolute Gasteiger partial charge is 0.322 e. The molecule has 22 heavy (non-hydrogen) atoms. The topological polar surface area (TPSA) is 75.3 Å². The van der Waals surface area contributed by atoms with Crippen LogP contribution in [0.15, 0.2) is 0 Å². The molecule has 0 aliphatic carbocycles. The Morgan fingerprint density at radius 3 is 1.50 bits per heavy atom. The van der Waals surface area contributed by atoms with E-state index in [0.717, 1.165) is 12.8 Å². The van der Waals surface area contributed by atoms with Crippen LogP contribution in [0.5, 0.6) is 0 Å². The fourth-order valence-corrected chi connectivity index (χ4v) is 2.82. The van der Waals surface area contributed by atoms with Crippen molar-refractivity contribution in [2.75, 3.05) is 0 Å². The molecular formula is C18H38N2O2. The predicted octanol–water partition coefficient (Wildman–Crippen LogP) is 4.77. The first kappa shape index (κ1) is 21.4. The van der Waals surface area contributed by atoms with E-state index >= 15 is 0 Å². The number of nitrogens with one attached hydrogen (secondary N) is 1. The van der Waals surface area contributed by atoms with Crippen LogP contribution in [-0.2, 0) is 4.79 Å². The molecule has 0 heterocycles. The summed E-state index contributed by atoms with van der Waals surface area (Å²) in [4.78, 5) is 10.8. The van der Waals surface area contributed by atoms with Gasteiger partial charge in [0.2, 0.25) is 0 Å². The molecule has 1 unspecified atom stereocenters. The van der Waals surface area contributed by atoms with Crippen LogP contribution in [0.1, 0.15) is 103 Å². The average Bonchev–Trinajstić information content (AvgIpc) is 2.51. The van der Waals surface area contributed by atoms with Crippen molar-refractivity contribution < 1.29 is 9.90 Å². The zero-order valence-corrected chi connectivity index (χ0v) is 14.6. The van der Waals surface area contributed by atoms with Crippen LogP contribution in [0.25, 0.3) is 0 Å². The molecule has 132 valence electrons. The number of carboxylic acids is 1. The van der Waals surface area contributed by atoms with Crippen LogP contribution >= 0.6 is 0 Å². The first-order valence-corrected chi connectivity index (χ1v) is 9.41. The number of nitrogens with two attached hydrogens (primary N) is 1. The Hall–Kier alpha value is -0.610. The van der Waals surface area contributed by atoms with E-state index in [1.165, 1.54) is 77.0 Å². The molecule has 1 atom stereocenters. The van der Waals surface area contributed by atoms with Crippen LogP contribution in [0, 0.1) is 0 Å². The molecule has 0 amide bonds. The fraction of sp³-hybridized carbons (Fsp3) is 0.944. The lowest BCUT2D eigenvalue weighted by atomic mass is 10.0. The second-order valence-corrected chi connectivity index (χ2v) is 6.44. The van der Waals surface area contributed by atoms with E-state index in [1.807, 2.05) is 0 Å². The Kier molecular flexibility index (Phi) is 16.3. The number of carbonyl (C=O) groups is 1. The van der Waals surface area contributed by atoms with Gasteiger partial charge in [-0.25, -0.2) is 5.43 Å². The largest absolute Gasteiger partial charge is 0.480 e.